The van der Waals surface area contributed by atoms with Crippen LogP contribution < -0.4 is 10.6 Å². The van der Waals surface area contributed by atoms with Crippen LogP contribution in [0.25, 0.3) is 0 Å². The van der Waals surface area contributed by atoms with Gasteiger partial charge in [0.05, 0.1) is 12.8 Å². The fourth-order valence-electron chi connectivity index (χ4n) is 1.20. The molecule has 0 unspecified atom stereocenters. The quantitative estimate of drug-likeness (QED) is 0.733. The first-order valence-corrected chi connectivity index (χ1v) is 5.30. The Morgan fingerprint density at radius 1 is 1.44 bits per heavy atom. The number of nitrogens with zero attached hydrogens (tertiary/aromatic N) is 1. The zero-order valence-corrected chi connectivity index (χ0v) is 10.0. The van der Waals surface area contributed by atoms with E-state index in [9.17, 15) is 4.79 Å². The molecule has 1 aromatic heterocycles. The van der Waals surface area contributed by atoms with Crippen LogP contribution >= 0.6 is 0 Å². The van der Waals surface area contributed by atoms with Gasteiger partial charge in [0, 0.05) is 27.2 Å². The minimum absolute atomic E-state index is 0.0732. The van der Waals surface area contributed by atoms with Gasteiger partial charge in [-0.3, -0.25) is 0 Å². The van der Waals surface area contributed by atoms with Crippen molar-refractivity contribution in [3.05, 3.63) is 23.7 Å². The van der Waals surface area contributed by atoms with Gasteiger partial charge >= 0.3 is 6.03 Å². The van der Waals surface area contributed by atoms with Gasteiger partial charge in [-0.15, -0.1) is 0 Å². The summed E-state index contributed by atoms with van der Waals surface area (Å²) in [7, 11) is 3.43. The van der Waals surface area contributed by atoms with Gasteiger partial charge in [0.25, 0.3) is 0 Å². The van der Waals surface area contributed by atoms with Gasteiger partial charge in [-0.05, 0) is 18.6 Å². The van der Waals surface area contributed by atoms with E-state index in [1.54, 1.807) is 20.4 Å². The van der Waals surface area contributed by atoms with Crippen molar-refractivity contribution in [2.24, 2.45) is 0 Å². The number of hydrogen-bond acceptors (Lipinski definition) is 3. The molecule has 1 aromatic rings. The number of hydrogen-bond donors (Lipinski definition) is 2. The number of carbonyl (C=O) groups excluding carboxylic acids is 1. The molecule has 0 spiro atoms. The summed E-state index contributed by atoms with van der Waals surface area (Å²) in [5.41, 5.74) is 1.14. The third-order valence-electron chi connectivity index (χ3n) is 2.24. The van der Waals surface area contributed by atoms with E-state index in [-0.39, 0.29) is 6.03 Å². The van der Waals surface area contributed by atoms with Crippen molar-refractivity contribution in [2.45, 2.75) is 13.5 Å². The zero-order valence-electron chi connectivity index (χ0n) is 10.0. The Kier molecular flexibility index (Phi) is 4.85. The smallest absolute Gasteiger partial charge is 0.316 e. The van der Waals surface area contributed by atoms with Crippen molar-refractivity contribution in [1.82, 2.24) is 15.5 Å². The maximum Gasteiger partial charge on any atom is 0.316 e. The molecule has 0 aromatic carbocycles. The first-order valence-electron chi connectivity index (χ1n) is 5.30. The molecular weight excluding hydrogens is 206 g/mol. The van der Waals surface area contributed by atoms with Crippen LogP contribution in [0.2, 0.25) is 0 Å². The molecule has 0 saturated heterocycles. The second-order valence-corrected chi connectivity index (χ2v) is 3.83. The minimum Gasteiger partial charge on any atom is -0.468 e. The second kappa shape index (κ2) is 6.17. The predicted octanol–water partition coefficient (Wildman–Crippen LogP) is 0.949. The van der Waals surface area contributed by atoms with Crippen LogP contribution in [0.4, 0.5) is 4.79 Å². The van der Waals surface area contributed by atoms with Crippen LogP contribution in [-0.2, 0) is 6.54 Å². The Bertz CT molecular complexity index is 334. The van der Waals surface area contributed by atoms with Crippen molar-refractivity contribution in [3.8, 4) is 0 Å². The van der Waals surface area contributed by atoms with Gasteiger partial charge in [0.15, 0.2) is 0 Å². The molecular formula is C11H19N3O2. The van der Waals surface area contributed by atoms with Crippen LogP contribution in [0.5, 0.6) is 0 Å². The largest absolute Gasteiger partial charge is 0.468 e. The van der Waals surface area contributed by atoms with Crippen LogP contribution in [0.1, 0.15) is 11.3 Å². The van der Waals surface area contributed by atoms with E-state index in [2.05, 4.69) is 10.6 Å². The van der Waals surface area contributed by atoms with Gasteiger partial charge < -0.3 is 20.0 Å². The van der Waals surface area contributed by atoms with Gasteiger partial charge in [-0.1, -0.05) is 0 Å². The molecule has 0 bridgehead atoms. The number of furan rings is 1. The number of amides is 2. The summed E-state index contributed by atoms with van der Waals surface area (Å²) in [5, 5.41) is 5.97. The lowest BCUT2D eigenvalue weighted by atomic mass is 10.3. The van der Waals surface area contributed by atoms with Crippen molar-refractivity contribution in [3.63, 3.8) is 0 Å². The highest BCUT2D eigenvalue weighted by Crippen LogP contribution is 2.07. The predicted molar refractivity (Wildman–Crippen MR) is 62.2 cm³/mol. The van der Waals surface area contributed by atoms with Crippen molar-refractivity contribution in [1.29, 1.82) is 0 Å². The van der Waals surface area contributed by atoms with Crippen LogP contribution in [0.15, 0.2) is 16.7 Å². The lowest BCUT2D eigenvalue weighted by molar-refractivity contribution is 0.217. The molecule has 0 aliphatic rings. The molecule has 0 aliphatic carbocycles. The Hall–Kier alpha value is -1.49. The van der Waals surface area contributed by atoms with Gasteiger partial charge in [-0.2, -0.15) is 0 Å². The van der Waals surface area contributed by atoms with Gasteiger partial charge in [0.2, 0.25) is 0 Å². The van der Waals surface area contributed by atoms with Gasteiger partial charge in [0.1, 0.15) is 5.76 Å². The summed E-state index contributed by atoms with van der Waals surface area (Å²) in [6.07, 6.45) is 1.68. The van der Waals surface area contributed by atoms with Crippen molar-refractivity contribution >= 4 is 6.03 Å². The molecule has 0 radical (unpaired) electrons. The maximum absolute atomic E-state index is 11.2. The van der Waals surface area contributed by atoms with Crippen molar-refractivity contribution in [2.75, 3.05) is 27.2 Å². The molecule has 0 atom stereocenters. The van der Waals surface area contributed by atoms with Crippen LogP contribution in [0, 0.1) is 6.92 Å². The summed E-state index contributed by atoms with van der Waals surface area (Å²) in [5.74, 6) is 0.943. The first-order chi connectivity index (χ1) is 7.61. The minimum atomic E-state index is -0.0732. The van der Waals surface area contributed by atoms with Crippen LogP contribution in [0.3, 0.4) is 0 Å². The molecule has 5 nitrogen and oxygen atoms in total. The van der Waals surface area contributed by atoms with Crippen LogP contribution in [-0.4, -0.2) is 38.1 Å². The Balaban J connectivity index is 2.09. The Labute approximate surface area is 95.8 Å². The summed E-state index contributed by atoms with van der Waals surface area (Å²) < 4.78 is 5.27. The fraction of sp³-hybridized carbons (Fsp3) is 0.545. The Morgan fingerprint density at radius 2 is 2.19 bits per heavy atom. The topological polar surface area (TPSA) is 57.5 Å². The molecule has 0 fully saturated rings. The standard InChI is InChI=1S/C11H19N3O2/c1-9-4-7-16-10(9)8-12-5-6-13-11(15)14(2)3/h4,7,12H,5-6,8H2,1-3H3,(H,13,15). The van der Waals surface area contributed by atoms with Gasteiger partial charge in [-0.25, -0.2) is 4.79 Å². The molecule has 1 heterocycles. The molecule has 90 valence electrons. The third-order valence-corrected chi connectivity index (χ3v) is 2.24. The van der Waals surface area contributed by atoms with E-state index < -0.39 is 0 Å². The summed E-state index contributed by atoms with van der Waals surface area (Å²) in [6, 6.07) is 1.86. The zero-order chi connectivity index (χ0) is 12.0. The van der Waals surface area contributed by atoms with E-state index >= 15 is 0 Å². The summed E-state index contributed by atoms with van der Waals surface area (Å²) in [6.45, 7) is 4.03. The summed E-state index contributed by atoms with van der Waals surface area (Å²) >= 11 is 0. The number of nitrogens with one attached hydrogen (secondary N) is 2. The highest BCUT2D eigenvalue weighted by molar-refractivity contribution is 5.73. The highest BCUT2D eigenvalue weighted by Gasteiger charge is 2.02. The van der Waals surface area contributed by atoms with E-state index in [1.807, 2.05) is 13.0 Å². The lowest BCUT2D eigenvalue weighted by Crippen LogP contribution is -2.38. The molecule has 0 aliphatic heterocycles. The second-order valence-electron chi connectivity index (χ2n) is 3.83. The van der Waals surface area contributed by atoms with Crippen molar-refractivity contribution < 1.29 is 9.21 Å². The molecule has 2 N–H and O–H groups in total. The van der Waals surface area contributed by atoms with E-state index in [4.69, 9.17) is 4.42 Å². The van der Waals surface area contributed by atoms with E-state index in [1.165, 1.54) is 4.90 Å². The lowest BCUT2D eigenvalue weighted by Gasteiger charge is -2.11. The molecule has 1 rings (SSSR count). The SMILES string of the molecule is Cc1ccoc1CNCCNC(=O)N(C)C. The average Bonchev–Trinajstić information content (AvgIpc) is 2.63. The molecule has 2 amide bonds. The Morgan fingerprint density at radius 3 is 2.75 bits per heavy atom. The number of rotatable bonds is 5. The van der Waals surface area contributed by atoms with E-state index in [0.717, 1.165) is 17.9 Å². The third kappa shape index (κ3) is 3.94. The first kappa shape index (κ1) is 12.6. The number of aryl methyl sites for hydroxylation is 1. The molecule has 0 saturated carbocycles. The fourth-order valence-corrected chi connectivity index (χ4v) is 1.20. The molecule has 16 heavy (non-hydrogen) atoms. The van der Waals surface area contributed by atoms with E-state index in [0.29, 0.717) is 13.1 Å². The highest BCUT2D eigenvalue weighted by atomic mass is 16.3. The maximum atomic E-state index is 11.2. The number of urea groups is 1. The normalized spacial score (nSPS) is 10.2. The monoisotopic (exact) mass is 225 g/mol. The molecule has 5 heteroatoms. The average molecular weight is 225 g/mol. The summed E-state index contributed by atoms with van der Waals surface area (Å²) in [4.78, 5) is 12.7. The number of carbonyl (C=O) groups is 1.